The van der Waals surface area contributed by atoms with Crippen LogP contribution >= 0.6 is 0 Å². The lowest BCUT2D eigenvalue weighted by Gasteiger charge is -2.23. The normalized spacial score (nSPS) is 12.4. The number of H-pyrrole nitrogens is 1. The number of hydrogen-bond donors (Lipinski definition) is 3. The lowest BCUT2D eigenvalue weighted by Crippen LogP contribution is -2.36. The van der Waals surface area contributed by atoms with Gasteiger partial charge in [-0.25, -0.2) is 4.39 Å². The smallest absolute Gasteiger partial charge is 0.242 e. The van der Waals surface area contributed by atoms with Crippen molar-refractivity contribution in [2.45, 2.75) is 12.6 Å². The number of rotatable bonds is 5. The minimum absolute atomic E-state index is 0.127. The second-order valence-corrected chi connectivity index (χ2v) is 4.78. The first-order valence-corrected chi connectivity index (χ1v) is 6.33. The molecule has 112 valence electrons. The van der Waals surface area contributed by atoms with Gasteiger partial charge in [0, 0.05) is 0 Å². The van der Waals surface area contributed by atoms with Crippen molar-refractivity contribution in [2.75, 3.05) is 19.8 Å². The van der Waals surface area contributed by atoms with Crippen molar-refractivity contribution in [3.63, 3.8) is 0 Å². The van der Waals surface area contributed by atoms with E-state index in [4.69, 9.17) is 5.73 Å². The van der Waals surface area contributed by atoms with Gasteiger partial charge in [-0.2, -0.15) is 4.98 Å². The fourth-order valence-electron chi connectivity index (χ4n) is 1.99. The van der Waals surface area contributed by atoms with Crippen molar-refractivity contribution in [1.82, 2.24) is 25.4 Å². The van der Waals surface area contributed by atoms with Crippen LogP contribution in [0.4, 0.5) is 10.3 Å². The van der Waals surface area contributed by atoms with E-state index in [9.17, 15) is 9.18 Å². The Morgan fingerprint density at radius 2 is 2.10 bits per heavy atom. The maximum Gasteiger partial charge on any atom is 0.242 e. The number of nitrogen functional groups attached to an aromatic ring is 1. The van der Waals surface area contributed by atoms with E-state index in [1.807, 2.05) is 0 Å². The van der Waals surface area contributed by atoms with E-state index in [0.717, 1.165) is 0 Å². The molecular weight excluding hydrogens is 275 g/mol. The van der Waals surface area contributed by atoms with Gasteiger partial charge in [-0.05, 0) is 31.8 Å². The number of carbonyl (C=O) groups excluding carboxylic acids is 1. The van der Waals surface area contributed by atoms with Crippen LogP contribution in [0.3, 0.4) is 0 Å². The zero-order valence-corrected chi connectivity index (χ0v) is 11.8. The van der Waals surface area contributed by atoms with Crippen LogP contribution in [0.1, 0.15) is 17.4 Å². The first-order chi connectivity index (χ1) is 9.97. The molecule has 0 aliphatic heterocycles. The summed E-state index contributed by atoms with van der Waals surface area (Å²) in [6, 6.07) is 5.32. The summed E-state index contributed by atoms with van der Waals surface area (Å²) in [4.78, 5) is 18.0. The predicted molar refractivity (Wildman–Crippen MR) is 75.5 cm³/mol. The third kappa shape index (κ3) is 3.76. The topological polar surface area (TPSA) is 99.9 Å². The van der Waals surface area contributed by atoms with Crippen LogP contribution in [-0.4, -0.2) is 40.1 Å². The molecule has 1 heterocycles. The van der Waals surface area contributed by atoms with Crippen molar-refractivity contribution >= 4 is 11.9 Å². The van der Waals surface area contributed by atoms with Crippen LogP contribution in [0.25, 0.3) is 0 Å². The van der Waals surface area contributed by atoms with Crippen molar-refractivity contribution in [1.29, 1.82) is 0 Å². The van der Waals surface area contributed by atoms with Crippen LogP contribution in [0.15, 0.2) is 24.3 Å². The minimum atomic E-state index is -0.522. The van der Waals surface area contributed by atoms with Crippen molar-refractivity contribution in [3.8, 4) is 0 Å². The average molecular weight is 292 g/mol. The zero-order chi connectivity index (χ0) is 15.4. The maximum atomic E-state index is 13.0. The number of hydrogen-bond acceptors (Lipinski definition) is 5. The summed E-state index contributed by atoms with van der Waals surface area (Å²) >= 11 is 0. The molecule has 0 radical (unpaired) electrons. The summed E-state index contributed by atoms with van der Waals surface area (Å²) in [6.07, 6.45) is 0. The fourth-order valence-corrected chi connectivity index (χ4v) is 1.99. The third-order valence-corrected chi connectivity index (χ3v) is 2.93. The Balaban J connectivity index is 2.07. The molecule has 0 aliphatic carbocycles. The van der Waals surface area contributed by atoms with E-state index in [-0.39, 0.29) is 24.2 Å². The van der Waals surface area contributed by atoms with Gasteiger partial charge in [0.05, 0.1) is 6.54 Å². The molecule has 0 unspecified atom stereocenters. The van der Waals surface area contributed by atoms with Gasteiger partial charge in [-0.3, -0.25) is 14.8 Å². The van der Waals surface area contributed by atoms with Gasteiger partial charge in [0.15, 0.2) is 0 Å². The lowest BCUT2D eigenvalue weighted by atomic mass is 10.1. The molecule has 1 aromatic heterocycles. The number of aromatic nitrogens is 3. The number of amides is 1. The van der Waals surface area contributed by atoms with Crippen molar-refractivity contribution in [2.24, 2.45) is 0 Å². The highest BCUT2D eigenvalue weighted by atomic mass is 19.1. The number of carbonyl (C=O) groups is 1. The summed E-state index contributed by atoms with van der Waals surface area (Å²) < 4.78 is 13.0. The second kappa shape index (κ2) is 6.31. The van der Waals surface area contributed by atoms with Crippen LogP contribution in [0, 0.1) is 5.82 Å². The summed E-state index contributed by atoms with van der Waals surface area (Å²) in [7, 11) is 3.56. The van der Waals surface area contributed by atoms with Gasteiger partial charge < -0.3 is 11.1 Å². The molecular formula is C13H17FN6O. The molecule has 2 rings (SSSR count). The second-order valence-electron chi connectivity index (χ2n) is 4.78. The molecule has 1 aromatic carbocycles. The largest absolute Gasteiger partial charge is 0.367 e. The SMILES string of the molecule is CN(C)[C@H](C(=O)NCc1nc(N)n[nH]1)c1ccc(F)cc1. The Bertz CT molecular complexity index is 609. The summed E-state index contributed by atoms with van der Waals surface area (Å²) in [5.41, 5.74) is 6.09. The Morgan fingerprint density at radius 3 is 2.62 bits per heavy atom. The number of nitrogens with one attached hydrogen (secondary N) is 2. The predicted octanol–water partition coefficient (Wildman–Crippen LogP) is 0.445. The summed E-state index contributed by atoms with van der Waals surface area (Å²) in [6.45, 7) is 0.189. The van der Waals surface area contributed by atoms with Gasteiger partial charge in [-0.15, -0.1) is 5.10 Å². The average Bonchev–Trinajstić information content (AvgIpc) is 2.84. The molecule has 8 heteroatoms. The summed E-state index contributed by atoms with van der Waals surface area (Å²) in [5, 5.41) is 9.04. The first-order valence-electron chi connectivity index (χ1n) is 6.33. The third-order valence-electron chi connectivity index (χ3n) is 2.93. The number of nitrogens with two attached hydrogens (primary N) is 1. The van der Waals surface area contributed by atoms with Gasteiger partial charge in [0.2, 0.25) is 11.9 Å². The lowest BCUT2D eigenvalue weighted by molar-refractivity contribution is -0.126. The number of nitrogens with zero attached hydrogens (tertiary/aromatic N) is 3. The molecule has 1 amide bonds. The molecule has 1 atom stereocenters. The highest BCUT2D eigenvalue weighted by Crippen LogP contribution is 2.18. The van der Waals surface area contributed by atoms with E-state index in [2.05, 4.69) is 20.5 Å². The monoisotopic (exact) mass is 292 g/mol. The molecule has 0 saturated heterocycles. The Hall–Kier alpha value is -2.48. The maximum absolute atomic E-state index is 13.0. The van der Waals surface area contributed by atoms with Crippen LogP contribution < -0.4 is 11.1 Å². The van der Waals surface area contributed by atoms with Gasteiger partial charge in [-0.1, -0.05) is 12.1 Å². The van der Waals surface area contributed by atoms with Gasteiger partial charge in [0.25, 0.3) is 0 Å². The molecule has 7 nitrogen and oxygen atoms in total. The standard InChI is InChI=1S/C13H17FN6O/c1-20(2)11(8-3-5-9(14)6-4-8)12(21)16-7-10-17-13(15)19-18-10/h3-6,11H,7H2,1-2H3,(H,16,21)(H3,15,17,18,19)/t11-/m0/s1. The van der Waals surface area contributed by atoms with Crippen LogP contribution in [0.5, 0.6) is 0 Å². The highest BCUT2D eigenvalue weighted by Gasteiger charge is 2.22. The number of benzene rings is 1. The summed E-state index contributed by atoms with van der Waals surface area (Å²) in [5.74, 6) is 0.0368. The van der Waals surface area contributed by atoms with E-state index in [1.165, 1.54) is 12.1 Å². The fraction of sp³-hybridized carbons (Fsp3) is 0.308. The molecule has 0 aliphatic rings. The number of likely N-dealkylation sites (N-methyl/N-ethyl adjacent to an activating group) is 1. The Kier molecular flexibility index (Phi) is 4.49. The first kappa shape index (κ1) is 14.9. The molecule has 2 aromatic rings. The van der Waals surface area contributed by atoms with E-state index in [1.54, 1.807) is 31.1 Å². The quantitative estimate of drug-likeness (QED) is 0.742. The Morgan fingerprint density at radius 1 is 1.43 bits per heavy atom. The zero-order valence-electron chi connectivity index (χ0n) is 11.8. The number of aromatic amines is 1. The molecule has 21 heavy (non-hydrogen) atoms. The van der Waals surface area contributed by atoms with Crippen LogP contribution in [-0.2, 0) is 11.3 Å². The molecule has 0 fully saturated rings. The Labute approximate surface area is 121 Å². The van der Waals surface area contributed by atoms with Gasteiger partial charge >= 0.3 is 0 Å². The van der Waals surface area contributed by atoms with E-state index >= 15 is 0 Å². The molecule has 0 bridgehead atoms. The molecule has 0 saturated carbocycles. The minimum Gasteiger partial charge on any atom is -0.367 e. The molecule has 4 N–H and O–H groups in total. The van der Waals surface area contributed by atoms with Gasteiger partial charge in [0.1, 0.15) is 17.7 Å². The number of anilines is 1. The van der Waals surface area contributed by atoms with Crippen molar-refractivity contribution in [3.05, 3.63) is 41.5 Å². The van der Waals surface area contributed by atoms with Crippen LogP contribution in [0.2, 0.25) is 0 Å². The number of halogens is 1. The van der Waals surface area contributed by atoms with E-state index < -0.39 is 6.04 Å². The van der Waals surface area contributed by atoms with Crippen molar-refractivity contribution < 1.29 is 9.18 Å². The van der Waals surface area contributed by atoms with E-state index in [0.29, 0.717) is 11.4 Å². The molecule has 0 spiro atoms. The highest BCUT2D eigenvalue weighted by molar-refractivity contribution is 5.83.